The molecule has 0 bridgehead atoms. The van der Waals surface area contributed by atoms with Crippen LogP contribution in [0.1, 0.15) is 59.2 Å². The molecule has 0 aromatic heterocycles. The summed E-state index contributed by atoms with van der Waals surface area (Å²) in [5.41, 5.74) is 0.648. The monoisotopic (exact) mass is 344 g/mol. The molecule has 2 fully saturated rings. The van der Waals surface area contributed by atoms with Crippen LogP contribution in [0.15, 0.2) is 24.3 Å². The molecule has 0 aliphatic carbocycles. The van der Waals surface area contributed by atoms with Crippen molar-refractivity contribution in [2.45, 2.75) is 38.5 Å². The van der Waals surface area contributed by atoms with Gasteiger partial charge >= 0.3 is 5.97 Å². The third-order valence-corrected chi connectivity index (χ3v) is 5.54. The maximum absolute atomic E-state index is 12.6. The minimum Gasteiger partial charge on any atom is -0.478 e. The minimum atomic E-state index is -0.994. The molecule has 2 aliphatic heterocycles. The topological polar surface area (TPSA) is 60.9 Å². The van der Waals surface area contributed by atoms with Crippen molar-refractivity contribution in [2.75, 3.05) is 32.7 Å². The Morgan fingerprint density at radius 3 is 2.40 bits per heavy atom. The highest BCUT2D eigenvalue weighted by Crippen LogP contribution is 2.24. The van der Waals surface area contributed by atoms with Crippen LogP contribution >= 0.6 is 0 Å². The lowest BCUT2D eigenvalue weighted by molar-refractivity contribution is 0.0684. The highest BCUT2D eigenvalue weighted by molar-refractivity contribution is 5.97. The second kappa shape index (κ2) is 8.48. The third kappa shape index (κ3) is 4.82. The Morgan fingerprint density at radius 1 is 1.04 bits per heavy atom. The lowest BCUT2D eigenvalue weighted by atomic mass is 9.91. The number of carbonyl (C=O) groups is 2. The van der Waals surface area contributed by atoms with Crippen molar-refractivity contribution in [3.05, 3.63) is 35.4 Å². The van der Waals surface area contributed by atoms with E-state index >= 15 is 0 Å². The van der Waals surface area contributed by atoms with Crippen molar-refractivity contribution in [2.24, 2.45) is 5.92 Å². The van der Waals surface area contributed by atoms with E-state index in [-0.39, 0.29) is 11.5 Å². The lowest BCUT2D eigenvalue weighted by Crippen LogP contribution is -2.38. The van der Waals surface area contributed by atoms with Crippen LogP contribution in [0.25, 0.3) is 0 Å². The van der Waals surface area contributed by atoms with Crippen LogP contribution < -0.4 is 0 Å². The quantitative estimate of drug-likeness (QED) is 0.861. The number of rotatable bonds is 6. The summed E-state index contributed by atoms with van der Waals surface area (Å²) in [6, 6.07) is 6.34. The number of hydrogen-bond donors (Lipinski definition) is 1. The molecule has 5 heteroatoms. The summed E-state index contributed by atoms with van der Waals surface area (Å²) in [6.45, 7) is 5.32. The van der Waals surface area contributed by atoms with E-state index in [1.807, 2.05) is 4.90 Å². The molecule has 0 atom stereocenters. The number of carbonyl (C=O) groups excluding carboxylic acids is 1. The van der Waals surface area contributed by atoms with E-state index in [1.54, 1.807) is 12.1 Å². The Morgan fingerprint density at radius 2 is 1.72 bits per heavy atom. The first-order valence-electron chi connectivity index (χ1n) is 9.48. The lowest BCUT2D eigenvalue weighted by Gasteiger charge is -2.32. The van der Waals surface area contributed by atoms with E-state index in [4.69, 9.17) is 5.11 Å². The van der Waals surface area contributed by atoms with Crippen molar-refractivity contribution in [3.63, 3.8) is 0 Å². The molecule has 0 saturated carbocycles. The fourth-order valence-electron chi connectivity index (χ4n) is 4.00. The van der Waals surface area contributed by atoms with Gasteiger partial charge in [0.15, 0.2) is 0 Å². The van der Waals surface area contributed by atoms with Crippen LogP contribution in [0.2, 0.25) is 0 Å². The summed E-state index contributed by atoms with van der Waals surface area (Å²) < 4.78 is 0. The van der Waals surface area contributed by atoms with E-state index < -0.39 is 5.97 Å². The first-order chi connectivity index (χ1) is 12.1. The van der Waals surface area contributed by atoms with Crippen LogP contribution in [0.4, 0.5) is 0 Å². The molecule has 25 heavy (non-hydrogen) atoms. The van der Waals surface area contributed by atoms with Gasteiger partial charge < -0.3 is 14.9 Å². The van der Waals surface area contributed by atoms with E-state index in [9.17, 15) is 9.59 Å². The fourth-order valence-corrected chi connectivity index (χ4v) is 4.00. The van der Waals surface area contributed by atoms with Crippen molar-refractivity contribution in [1.82, 2.24) is 9.80 Å². The number of piperidine rings is 1. The number of nitrogens with zero attached hydrogens (tertiary/aromatic N) is 2. The number of hydrogen-bond acceptors (Lipinski definition) is 3. The van der Waals surface area contributed by atoms with Gasteiger partial charge in [0.1, 0.15) is 0 Å². The van der Waals surface area contributed by atoms with Gasteiger partial charge in [-0.2, -0.15) is 0 Å². The van der Waals surface area contributed by atoms with E-state index in [0.29, 0.717) is 5.56 Å². The van der Waals surface area contributed by atoms with E-state index in [0.717, 1.165) is 31.8 Å². The number of carboxylic acid groups (broad SMARTS) is 1. The minimum absolute atomic E-state index is 0.0429. The molecule has 1 aromatic rings. The largest absolute Gasteiger partial charge is 0.478 e. The Bertz CT molecular complexity index is 603. The van der Waals surface area contributed by atoms with Crippen molar-refractivity contribution in [1.29, 1.82) is 0 Å². The Balaban J connectivity index is 1.44. The van der Waals surface area contributed by atoms with E-state index in [2.05, 4.69) is 4.90 Å². The van der Waals surface area contributed by atoms with Crippen LogP contribution in [0, 0.1) is 5.92 Å². The second-order valence-corrected chi connectivity index (χ2v) is 7.31. The van der Waals surface area contributed by atoms with Gasteiger partial charge in [-0.25, -0.2) is 4.79 Å². The Hall–Kier alpha value is -1.88. The maximum atomic E-state index is 12.6. The van der Waals surface area contributed by atoms with Crippen molar-refractivity contribution >= 4 is 11.9 Å². The molecule has 1 amide bonds. The smallest absolute Gasteiger partial charge is 0.335 e. The van der Waals surface area contributed by atoms with Gasteiger partial charge in [0.25, 0.3) is 5.91 Å². The molecule has 3 rings (SSSR count). The zero-order valence-corrected chi connectivity index (χ0v) is 14.8. The average molecular weight is 344 g/mol. The Kier molecular flexibility index (Phi) is 6.08. The van der Waals surface area contributed by atoms with E-state index in [1.165, 1.54) is 57.5 Å². The summed E-state index contributed by atoms with van der Waals surface area (Å²) in [5, 5.41) is 9.07. The Labute approximate surface area is 149 Å². The predicted octanol–water partition coefficient (Wildman–Crippen LogP) is 3.11. The summed E-state index contributed by atoms with van der Waals surface area (Å²) in [7, 11) is 0. The van der Waals surface area contributed by atoms with Crippen LogP contribution in [-0.4, -0.2) is 59.5 Å². The SMILES string of the molecule is O=C(O)c1cccc(C(=O)N2CCC(CCCN3CCCC3)CC2)c1. The third-order valence-electron chi connectivity index (χ3n) is 5.54. The molecule has 136 valence electrons. The van der Waals surface area contributed by atoms with Gasteiger partial charge in [-0.05, 0) is 82.3 Å². The summed E-state index contributed by atoms with van der Waals surface area (Å²) in [6.07, 6.45) is 7.34. The molecule has 5 nitrogen and oxygen atoms in total. The fraction of sp³-hybridized carbons (Fsp3) is 0.600. The zero-order valence-electron chi connectivity index (χ0n) is 14.8. The van der Waals surface area contributed by atoms with Gasteiger partial charge in [0.05, 0.1) is 5.56 Å². The van der Waals surface area contributed by atoms with Crippen LogP contribution in [-0.2, 0) is 0 Å². The molecule has 0 spiro atoms. The number of aromatic carboxylic acids is 1. The molecule has 2 saturated heterocycles. The van der Waals surface area contributed by atoms with Gasteiger partial charge in [0, 0.05) is 18.7 Å². The van der Waals surface area contributed by atoms with Gasteiger partial charge in [0.2, 0.25) is 0 Å². The molecule has 0 unspecified atom stereocenters. The molecular weight excluding hydrogens is 316 g/mol. The zero-order chi connectivity index (χ0) is 17.6. The first-order valence-corrected chi connectivity index (χ1v) is 9.48. The summed E-state index contributed by atoms with van der Waals surface area (Å²) >= 11 is 0. The molecule has 2 heterocycles. The standard InChI is InChI=1S/C20H28N2O3/c23-19(17-6-3-7-18(15-17)20(24)25)22-13-8-16(9-14-22)5-4-12-21-10-1-2-11-21/h3,6-7,15-16H,1-2,4-5,8-14H2,(H,24,25). The number of amides is 1. The van der Waals surface area contributed by atoms with Gasteiger partial charge in [-0.3, -0.25) is 4.79 Å². The van der Waals surface area contributed by atoms with Gasteiger partial charge in [-0.1, -0.05) is 6.07 Å². The predicted molar refractivity (Wildman–Crippen MR) is 96.9 cm³/mol. The average Bonchev–Trinajstić information content (AvgIpc) is 3.15. The maximum Gasteiger partial charge on any atom is 0.335 e. The molecule has 1 N–H and O–H groups in total. The number of carboxylic acids is 1. The first kappa shape index (κ1) is 17.9. The molecule has 0 radical (unpaired) electrons. The number of benzene rings is 1. The van der Waals surface area contributed by atoms with Gasteiger partial charge in [-0.15, -0.1) is 0 Å². The van der Waals surface area contributed by atoms with Crippen molar-refractivity contribution in [3.8, 4) is 0 Å². The van der Waals surface area contributed by atoms with Crippen LogP contribution in [0.3, 0.4) is 0 Å². The summed E-state index contributed by atoms with van der Waals surface area (Å²) in [5.74, 6) is -0.318. The summed E-state index contributed by atoms with van der Waals surface area (Å²) in [4.78, 5) is 28.1. The highest BCUT2D eigenvalue weighted by Gasteiger charge is 2.24. The van der Waals surface area contributed by atoms with Crippen LogP contribution in [0.5, 0.6) is 0 Å². The molecule has 1 aromatic carbocycles. The number of likely N-dealkylation sites (tertiary alicyclic amines) is 2. The van der Waals surface area contributed by atoms with Crippen molar-refractivity contribution < 1.29 is 14.7 Å². The highest BCUT2D eigenvalue weighted by atomic mass is 16.4. The second-order valence-electron chi connectivity index (χ2n) is 7.31. The molecule has 2 aliphatic rings. The molecular formula is C20H28N2O3. The normalized spacial score (nSPS) is 19.3.